The number of hydrogen-bond acceptors (Lipinski definition) is 5. The molecule has 0 saturated carbocycles. The Morgan fingerprint density at radius 3 is 2.48 bits per heavy atom. The minimum absolute atomic E-state index is 0.00722. The van der Waals surface area contributed by atoms with Crippen LogP contribution in [-0.2, 0) is 9.84 Å². The van der Waals surface area contributed by atoms with Crippen molar-refractivity contribution in [2.24, 2.45) is 0 Å². The van der Waals surface area contributed by atoms with Crippen LogP contribution < -0.4 is 10.1 Å². The van der Waals surface area contributed by atoms with Gasteiger partial charge in [0.25, 0.3) is 0 Å². The molecule has 1 fully saturated rings. The number of halogens is 3. The first-order valence-electron chi connectivity index (χ1n) is 9.80. The molecule has 1 saturated heterocycles. The van der Waals surface area contributed by atoms with Crippen molar-refractivity contribution in [3.8, 4) is 5.75 Å². The summed E-state index contributed by atoms with van der Waals surface area (Å²) in [7, 11) is -2.33. The minimum Gasteiger partial charge on any atom is -0.402 e. The van der Waals surface area contributed by atoms with Crippen LogP contribution in [0.2, 0.25) is 0 Å². The van der Waals surface area contributed by atoms with Gasteiger partial charge in [0.05, 0.1) is 10.6 Å². The lowest BCUT2D eigenvalue weighted by atomic mass is 10.1. The first-order valence-corrected chi connectivity index (χ1v) is 11.3. The van der Waals surface area contributed by atoms with E-state index in [0.29, 0.717) is 10.9 Å². The van der Waals surface area contributed by atoms with Gasteiger partial charge in [0, 0.05) is 23.1 Å². The van der Waals surface area contributed by atoms with Crippen LogP contribution in [0.15, 0.2) is 58.5 Å². The molecule has 31 heavy (non-hydrogen) atoms. The second-order valence-electron chi connectivity index (χ2n) is 7.60. The van der Waals surface area contributed by atoms with Gasteiger partial charge in [-0.2, -0.15) is 0 Å². The number of nitrogens with zero attached hydrogens (tertiary/aromatic N) is 1. The van der Waals surface area contributed by atoms with Crippen LogP contribution in [0.3, 0.4) is 0 Å². The average molecular weight is 453 g/mol. The quantitative estimate of drug-likeness (QED) is 0.599. The standard InChI is InChI=1S/C21H22F3N3O3S/c1-27-11-9-14(10-12-27)26-17-7-4-8-18(20(17)30-21(22,23)24)31(28,29)19-13-25-16-6-3-2-5-15(16)19/h2-8,13-14,25-26H,9-12H2,1H3. The molecule has 10 heteroatoms. The molecule has 3 aromatic rings. The lowest BCUT2D eigenvalue weighted by Gasteiger charge is -2.31. The predicted molar refractivity (Wildman–Crippen MR) is 111 cm³/mol. The van der Waals surface area contributed by atoms with Crippen molar-refractivity contribution < 1.29 is 26.3 Å². The SMILES string of the molecule is CN1CCC(Nc2cccc(S(=O)(=O)c3c[nH]c4ccccc34)c2OC(F)(F)F)CC1. The van der Waals surface area contributed by atoms with Crippen molar-refractivity contribution in [2.75, 3.05) is 25.5 Å². The third-order valence-electron chi connectivity index (χ3n) is 5.41. The van der Waals surface area contributed by atoms with Gasteiger partial charge in [-0.3, -0.25) is 0 Å². The normalized spacial score (nSPS) is 16.5. The number of benzene rings is 2. The van der Waals surface area contributed by atoms with E-state index in [4.69, 9.17) is 0 Å². The number of anilines is 1. The van der Waals surface area contributed by atoms with Crippen molar-refractivity contribution in [3.63, 3.8) is 0 Å². The minimum atomic E-state index is -5.05. The molecule has 0 aliphatic carbocycles. The van der Waals surface area contributed by atoms with Gasteiger partial charge in [-0.05, 0) is 51.2 Å². The maximum absolute atomic E-state index is 13.4. The molecule has 0 radical (unpaired) electrons. The van der Waals surface area contributed by atoms with Crippen LogP contribution in [0.25, 0.3) is 10.9 Å². The number of aromatic nitrogens is 1. The first kappa shape index (κ1) is 21.5. The molecule has 1 aliphatic heterocycles. The molecule has 0 atom stereocenters. The second-order valence-corrected chi connectivity index (χ2v) is 9.49. The zero-order valence-corrected chi connectivity index (χ0v) is 17.6. The molecule has 166 valence electrons. The predicted octanol–water partition coefficient (Wildman–Crippen LogP) is 4.41. The number of hydrogen-bond donors (Lipinski definition) is 2. The summed E-state index contributed by atoms with van der Waals surface area (Å²) in [4.78, 5) is 4.34. The Labute approximate surface area is 177 Å². The molecule has 1 aromatic heterocycles. The highest BCUT2D eigenvalue weighted by Gasteiger charge is 2.37. The fourth-order valence-corrected chi connectivity index (χ4v) is 5.39. The average Bonchev–Trinajstić information content (AvgIpc) is 3.15. The van der Waals surface area contributed by atoms with Gasteiger partial charge in [0.2, 0.25) is 9.84 Å². The number of aromatic amines is 1. The lowest BCUT2D eigenvalue weighted by Crippen LogP contribution is -2.37. The number of ether oxygens (including phenoxy) is 1. The molecule has 6 nitrogen and oxygen atoms in total. The zero-order valence-electron chi connectivity index (χ0n) is 16.7. The van der Waals surface area contributed by atoms with Crippen LogP contribution in [-0.4, -0.2) is 50.8 Å². The Morgan fingerprint density at radius 2 is 1.77 bits per heavy atom. The number of para-hydroxylation sites is 2. The molecule has 2 N–H and O–H groups in total. The van der Waals surface area contributed by atoms with Crippen molar-refractivity contribution in [1.82, 2.24) is 9.88 Å². The molecule has 2 aromatic carbocycles. The summed E-state index contributed by atoms with van der Waals surface area (Å²) in [6.45, 7) is 1.58. The summed E-state index contributed by atoms with van der Waals surface area (Å²) in [5.41, 5.74) is 0.577. The van der Waals surface area contributed by atoms with Crippen molar-refractivity contribution in [1.29, 1.82) is 0 Å². The summed E-state index contributed by atoms with van der Waals surface area (Å²) in [6.07, 6.45) is -2.31. The van der Waals surface area contributed by atoms with Crippen LogP contribution in [0.5, 0.6) is 5.75 Å². The highest BCUT2D eigenvalue weighted by atomic mass is 32.2. The summed E-state index contributed by atoms with van der Waals surface area (Å²) >= 11 is 0. The Kier molecular flexibility index (Phi) is 5.61. The van der Waals surface area contributed by atoms with Gasteiger partial charge in [-0.1, -0.05) is 24.3 Å². The highest BCUT2D eigenvalue weighted by molar-refractivity contribution is 7.91. The van der Waals surface area contributed by atoms with Gasteiger partial charge >= 0.3 is 6.36 Å². The van der Waals surface area contributed by atoms with E-state index in [1.807, 2.05) is 7.05 Å². The zero-order chi connectivity index (χ0) is 22.2. The van der Waals surface area contributed by atoms with Crippen LogP contribution in [0, 0.1) is 0 Å². The smallest absolute Gasteiger partial charge is 0.402 e. The molecule has 0 amide bonds. The Balaban J connectivity index is 1.79. The summed E-state index contributed by atoms with van der Waals surface area (Å²) < 4.78 is 70.8. The molecule has 0 bridgehead atoms. The molecule has 0 unspecified atom stereocenters. The van der Waals surface area contributed by atoms with Crippen molar-refractivity contribution in [3.05, 3.63) is 48.7 Å². The number of fused-ring (bicyclic) bond motifs is 1. The number of likely N-dealkylation sites (tertiary alicyclic amines) is 1. The number of H-pyrrole nitrogens is 1. The van der Waals surface area contributed by atoms with E-state index in [1.165, 1.54) is 18.3 Å². The monoisotopic (exact) mass is 453 g/mol. The Bertz CT molecular complexity index is 1180. The van der Waals surface area contributed by atoms with Gasteiger partial charge in [0.15, 0.2) is 5.75 Å². The maximum atomic E-state index is 13.4. The van der Waals surface area contributed by atoms with Crippen molar-refractivity contribution >= 4 is 26.4 Å². The first-order chi connectivity index (χ1) is 14.6. The van der Waals surface area contributed by atoms with E-state index in [0.717, 1.165) is 32.0 Å². The molecule has 4 rings (SSSR count). The molecular weight excluding hydrogens is 431 g/mol. The Hall–Kier alpha value is -2.72. The fraction of sp³-hybridized carbons (Fsp3) is 0.333. The summed E-state index contributed by atoms with van der Waals surface area (Å²) in [5, 5.41) is 3.46. The molecule has 2 heterocycles. The summed E-state index contributed by atoms with van der Waals surface area (Å²) in [5.74, 6) is -0.737. The molecule has 0 spiro atoms. The molecular formula is C21H22F3N3O3S. The van der Waals surface area contributed by atoms with E-state index in [2.05, 4.69) is 19.9 Å². The van der Waals surface area contributed by atoms with Gasteiger partial charge in [0.1, 0.15) is 4.90 Å². The third kappa shape index (κ3) is 4.49. The maximum Gasteiger partial charge on any atom is 0.573 e. The van der Waals surface area contributed by atoms with Crippen molar-refractivity contribution in [2.45, 2.75) is 35.0 Å². The summed E-state index contributed by atoms with van der Waals surface area (Å²) in [6, 6.07) is 10.6. The van der Waals surface area contributed by atoms with E-state index < -0.39 is 26.8 Å². The second kappa shape index (κ2) is 8.08. The van der Waals surface area contributed by atoms with E-state index in [9.17, 15) is 21.6 Å². The van der Waals surface area contributed by atoms with Crippen LogP contribution in [0.1, 0.15) is 12.8 Å². The largest absolute Gasteiger partial charge is 0.573 e. The van der Waals surface area contributed by atoms with Crippen LogP contribution in [0.4, 0.5) is 18.9 Å². The van der Waals surface area contributed by atoms with E-state index in [-0.39, 0.29) is 16.6 Å². The van der Waals surface area contributed by atoms with Gasteiger partial charge in [-0.15, -0.1) is 13.2 Å². The molecule has 1 aliphatic rings. The lowest BCUT2D eigenvalue weighted by molar-refractivity contribution is -0.275. The third-order valence-corrected chi connectivity index (χ3v) is 7.22. The van der Waals surface area contributed by atoms with Gasteiger partial charge in [-0.25, -0.2) is 8.42 Å². The Morgan fingerprint density at radius 1 is 1.06 bits per heavy atom. The number of sulfone groups is 1. The highest BCUT2D eigenvalue weighted by Crippen LogP contribution is 2.41. The van der Waals surface area contributed by atoms with E-state index in [1.54, 1.807) is 24.3 Å². The van der Waals surface area contributed by atoms with Gasteiger partial charge < -0.3 is 19.9 Å². The fourth-order valence-electron chi connectivity index (χ4n) is 3.82. The number of nitrogens with one attached hydrogen (secondary N) is 2. The van der Waals surface area contributed by atoms with Crippen LogP contribution >= 0.6 is 0 Å². The van der Waals surface area contributed by atoms with E-state index >= 15 is 0 Å². The topological polar surface area (TPSA) is 74.4 Å². The number of piperidine rings is 1. The number of alkyl halides is 3. The number of rotatable bonds is 5.